The van der Waals surface area contributed by atoms with Crippen LogP contribution >= 0.6 is 0 Å². The summed E-state index contributed by atoms with van der Waals surface area (Å²) in [5, 5.41) is 2.83. The number of benzene rings is 3. The maximum absolute atomic E-state index is 13.9. The van der Waals surface area contributed by atoms with Crippen LogP contribution in [0.4, 0.5) is 5.69 Å². The summed E-state index contributed by atoms with van der Waals surface area (Å²) in [6, 6.07) is 20.7. The molecule has 3 aromatic carbocycles. The zero-order valence-corrected chi connectivity index (χ0v) is 23.5. The average molecular weight is 554 g/mol. The van der Waals surface area contributed by atoms with Crippen LogP contribution in [0.15, 0.2) is 83.8 Å². The minimum atomic E-state index is -4.14. The van der Waals surface area contributed by atoms with Crippen molar-refractivity contribution in [2.24, 2.45) is 0 Å². The van der Waals surface area contributed by atoms with Gasteiger partial charge in [0.2, 0.25) is 11.8 Å². The number of hydrogen-bond donors (Lipinski definition) is 1. The van der Waals surface area contributed by atoms with Crippen molar-refractivity contribution in [3.05, 3.63) is 84.4 Å². The van der Waals surface area contributed by atoms with Gasteiger partial charge in [-0.2, -0.15) is 0 Å². The van der Waals surface area contributed by atoms with E-state index in [1.807, 2.05) is 13.0 Å². The molecule has 9 nitrogen and oxygen atoms in total. The van der Waals surface area contributed by atoms with Gasteiger partial charge in [0, 0.05) is 13.1 Å². The second-order valence-electron chi connectivity index (χ2n) is 8.86. The number of methoxy groups -OCH3 is 2. The van der Waals surface area contributed by atoms with Crippen molar-refractivity contribution in [1.82, 2.24) is 10.2 Å². The van der Waals surface area contributed by atoms with Crippen LogP contribution in [0.1, 0.15) is 25.8 Å². The van der Waals surface area contributed by atoms with Crippen LogP contribution in [0.3, 0.4) is 0 Å². The van der Waals surface area contributed by atoms with E-state index in [4.69, 9.17) is 9.47 Å². The highest BCUT2D eigenvalue weighted by atomic mass is 32.2. The molecule has 3 aromatic rings. The van der Waals surface area contributed by atoms with E-state index in [1.54, 1.807) is 74.7 Å². The molecule has 208 valence electrons. The van der Waals surface area contributed by atoms with Crippen molar-refractivity contribution >= 4 is 27.5 Å². The predicted octanol–water partition coefficient (Wildman–Crippen LogP) is 3.84. The Balaban J connectivity index is 1.99. The Kier molecular flexibility index (Phi) is 10.3. The first-order valence-corrected chi connectivity index (χ1v) is 14.1. The maximum Gasteiger partial charge on any atom is 0.264 e. The first-order valence-electron chi connectivity index (χ1n) is 12.6. The lowest BCUT2D eigenvalue weighted by molar-refractivity contribution is -0.139. The molecule has 0 spiro atoms. The number of amides is 2. The van der Waals surface area contributed by atoms with Crippen LogP contribution in [0.2, 0.25) is 0 Å². The quantitative estimate of drug-likeness (QED) is 0.345. The fourth-order valence-corrected chi connectivity index (χ4v) is 5.36. The van der Waals surface area contributed by atoms with Gasteiger partial charge in [-0.1, -0.05) is 37.3 Å². The Morgan fingerprint density at radius 3 is 2.18 bits per heavy atom. The number of nitrogens with one attached hydrogen (secondary N) is 1. The van der Waals surface area contributed by atoms with Gasteiger partial charge in [-0.15, -0.1) is 0 Å². The molecule has 2 amide bonds. The van der Waals surface area contributed by atoms with Crippen molar-refractivity contribution in [2.75, 3.05) is 31.6 Å². The third kappa shape index (κ3) is 7.51. The van der Waals surface area contributed by atoms with Gasteiger partial charge in [-0.3, -0.25) is 13.9 Å². The molecule has 3 rings (SSSR count). The lowest BCUT2D eigenvalue weighted by Crippen LogP contribution is -2.51. The van der Waals surface area contributed by atoms with E-state index < -0.39 is 28.5 Å². The fourth-order valence-electron chi connectivity index (χ4n) is 3.94. The molecule has 0 fully saturated rings. The van der Waals surface area contributed by atoms with E-state index in [0.717, 1.165) is 16.3 Å². The monoisotopic (exact) mass is 553 g/mol. The molecule has 0 unspecified atom stereocenters. The fraction of sp³-hybridized carbons (Fsp3) is 0.310. The number of anilines is 1. The van der Waals surface area contributed by atoms with E-state index >= 15 is 0 Å². The smallest absolute Gasteiger partial charge is 0.264 e. The molecule has 0 aromatic heterocycles. The van der Waals surface area contributed by atoms with Gasteiger partial charge < -0.3 is 19.7 Å². The third-order valence-electron chi connectivity index (χ3n) is 6.17. The van der Waals surface area contributed by atoms with Crippen LogP contribution in [0, 0.1) is 0 Å². The van der Waals surface area contributed by atoms with Gasteiger partial charge in [0.15, 0.2) is 0 Å². The summed E-state index contributed by atoms with van der Waals surface area (Å²) >= 11 is 0. The van der Waals surface area contributed by atoms with E-state index in [9.17, 15) is 18.0 Å². The lowest BCUT2D eigenvalue weighted by atomic mass is 10.1. The first-order chi connectivity index (χ1) is 18.7. The van der Waals surface area contributed by atoms with Crippen molar-refractivity contribution in [2.45, 2.75) is 37.8 Å². The Labute approximate surface area is 230 Å². The SMILES string of the molecule is CCCNC(=O)[C@@H](C)N(Cc1cccc(OC)c1)C(=O)CN(c1ccccc1)S(=O)(=O)c1ccc(OC)cc1. The number of ether oxygens (including phenoxy) is 2. The van der Waals surface area contributed by atoms with E-state index in [0.29, 0.717) is 23.7 Å². The summed E-state index contributed by atoms with van der Waals surface area (Å²) in [4.78, 5) is 28.2. The van der Waals surface area contributed by atoms with Crippen LogP contribution < -0.4 is 19.1 Å². The summed E-state index contributed by atoms with van der Waals surface area (Å²) in [6.45, 7) is 3.61. The molecule has 0 heterocycles. The van der Waals surface area contributed by atoms with Gasteiger partial charge in [-0.25, -0.2) is 8.42 Å². The molecular formula is C29H35N3O6S. The lowest BCUT2D eigenvalue weighted by Gasteiger charge is -2.32. The number of rotatable bonds is 13. The number of hydrogen-bond acceptors (Lipinski definition) is 6. The van der Waals surface area contributed by atoms with E-state index in [1.165, 1.54) is 24.1 Å². The molecule has 0 aliphatic heterocycles. The third-order valence-corrected chi connectivity index (χ3v) is 7.96. The summed E-state index contributed by atoms with van der Waals surface area (Å²) < 4.78 is 39.1. The summed E-state index contributed by atoms with van der Waals surface area (Å²) in [7, 11) is -1.10. The zero-order chi connectivity index (χ0) is 28.4. The molecule has 0 aliphatic carbocycles. The minimum Gasteiger partial charge on any atom is -0.497 e. The number of sulfonamides is 1. The van der Waals surface area contributed by atoms with Crippen LogP contribution in [-0.2, 0) is 26.2 Å². The van der Waals surface area contributed by atoms with Gasteiger partial charge in [-0.05, 0) is 67.4 Å². The number of carbonyl (C=O) groups excluding carboxylic acids is 2. The van der Waals surface area contributed by atoms with Crippen LogP contribution in [0.5, 0.6) is 11.5 Å². The number of nitrogens with zero attached hydrogens (tertiary/aromatic N) is 2. The molecular weight excluding hydrogens is 518 g/mol. The van der Waals surface area contributed by atoms with Gasteiger partial charge >= 0.3 is 0 Å². The van der Waals surface area contributed by atoms with E-state index in [2.05, 4.69) is 5.32 Å². The summed E-state index contributed by atoms with van der Waals surface area (Å²) in [5.74, 6) is 0.263. The average Bonchev–Trinajstić information content (AvgIpc) is 2.97. The number of carbonyl (C=O) groups is 2. The van der Waals surface area contributed by atoms with E-state index in [-0.39, 0.29) is 17.3 Å². The second kappa shape index (κ2) is 13.7. The molecule has 0 saturated carbocycles. The minimum absolute atomic E-state index is 0.00744. The molecule has 0 radical (unpaired) electrons. The zero-order valence-electron chi connectivity index (χ0n) is 22.7. The molecule has 10 heteroatoms. The van der Waals surface area contributed by atoms with Gasteiger partial charge in [0.05, 0.1) is 24.8 Å². The molecule has 1 N–H and O–H groups in total. The molecule has 0 saturated heterocycles. The summed E-state index contributed by atoms with van der Waals surface area (Å²) in [5.41, 5.74) is 1.06. The highest BCUT2D eigenvalue weighted by Crippen LogP contribution is 2.26. The van der Waals surface area contributed by atoms with Gasteiger partial charge in [0.25, 0.3) is 10.0 Å². The van der Waals surface area contributed by atoms with Crippen molar-refractivity contribution < 1.29 is 27.5 Å². The topological polar surface area (TPSA) is 105 Å². The van der Waals surface area contributed by atoms with Crippen molar-refractivity contribution in [3.63, 3.8) is 0 Å². The highest BCUT2D eigenvalue weighted by Gasteiger charge is 2.32. The first kappa shape index (κ1) is 29.5. The Morgan fingerprint density at radius 2 is 1.56 bits per heavy atom. The Bertz CT molecular complexity index is 1350. The van der Waals surface area contributed by atoms with Crippen molar-refractivity contribution in [1.29, 1.82) is 0 Å². The predicted molar refractivity (Wildman–Crippen MR) is 150 cm³/mol. The Hall–Kier alpha value is -4.05. The largest absolute Gasteiger partial charge is 0.497 e. The maximum atomic E-state index is 13.9. The Morgan fingerprint density at radius 1 is 0.897 bits per heavy atom. The normalized spacial score (nSPS) is 11.8. The molecule has 1 atom stereocenters. The molecule has 0 bridgehead atoms. The van der Waals surface area contributed by atoms with Crippen LogP contribution in [-0.4, -0.2) is 58.5 Å². The number of para-hydroxylation sites is 1. The molecule has 39 heavy (non-hydrogen) atoms. The standard InChI is InChI=1S/C29H35N3O6S/c1-5-18-30-29(34)22(2)31(20-23-10-9-13-26(19-23)38-4)28(33)21-32(24-11-7-6-8-12-24)39(35,36)27-16-14-25(37-3)15-17-27/h6-17,19,22H,5,18,20-21H2,1-4H3,(H,30,34)/t22-/m1/s1. The van der Waals surface area contributed by atoms with Crippen LogP contribution in [0.25, 0.3) is 0 Å². The highest BCUT2D eigenvalue weighted by molar-refractivity contribution is 7.92. The van der Waals surface area contributed by atoms with Gasteiger partial charge in [0.1, 0.15) is 24.1 Å². The van der Waals surface area contributed by atoms with Crippen molar-refractivity contribution in [3.8, 4) is 11.5 Å². The molecule has 0 aliphatic rings. The second-order valence-corrected chi connectivity index (χ2v) is 10.7. The summed E-state index contributed by atoms with van der Waals surface area (Å²) in [6.07, 6.45) is 0.740.